The van der Waals surface area contributed by atoms with Gasteiger partial charge in [0, 0.05) is 12.1 Å². The van der Waals surface area contributed by atoms with Crippen LogP contribution in [0.3, 0.4) is 0 Å². The Morgan fingerprint density at radius 3 is 2.96 bits per heavy atom. The lowest BCUT2D eigenvalue weighted by Crippen LogP contribution is -2.22. The van der Waals surface area contributed by atoms with Gasteiger partial charge in [0.05, 0.1) is 18.2 Å². The van der Waals surface area contributed by atoms with E-state index in [0.29, 0.717) is 29.7 Å². The smallest absolute Gasteiger partial charge is 0.255 e. The van der Waals surface area contributed by atoms with Gasteiger partial charge in [0.2, 0.25) is 0 Å². The normalized spacial score (nSPS) is 15.4. The van der Waals surface area contributed by atoms with Gasteiger partial charge in [-0.25, -0.2) is 0 Å². The average molecular weight is 363 g/mol. The molecule has 0 aliphatic carbocycles. The second-order valence-corrected chi connectivity index (χ2v) is 6.05. The van der Waals surface area contributed by atoms with Gasteiger partial charge in [-0.05, 0) is 23.8 Å². The summed E-state index contributed by atoms with van der Waals surface area (Å²) in [5.74, 6) is 1.09. The van der Waals surface area contributed by atoms with Crippen LogP contribution < -0.4 is 25.3 Å². The number of nitrogens with two attached hydrogens (primary N) is 1. The molecule has 0 saturated heterocycles. The van der Waals surface area contributed by atoms with Gasteiger partial charge in [-0.15, -0.1) is 0 Å². The van der Waals surface area contributed by atoms with Gasteiger partial charge in [0.15, 0.2) is 18.1 Å². The van der Waals surface area contributed by atoms with E-state index in [-0.39, 0.29) is 12.6 Å². The first-order valence-electron chi connectivity index (χ1n) is 7.81. The van der Waals surface area contributed by atoms with Crippen molar-refractivity contribution in [1.29, 1.82) is 0 Å². The van der Waals surface area contributed by atoms with Gasteiger partial charge in [-0.2, -0.15) is 0 Å². The van der Waals surface area contributed by atoms with Crippen LogP contribution in [0.4, 0.5) is 0 Å². The van der Waals surface area contributed by atoms with E-state index in [4.69, 9.17) is 31.5 Å². The van der Waals surface area contributed by atoms with Crippen molar-refractivity contribution < 1.29 is 19.0 Å². The van der Waals surface area contributed by atoms with Crippen LogP contribution in [0.15, 0.2) is 36.4 Å². The number of amides is 1. The molecule has 2 aromatic carbocycles. The Morgan fingerprint density at radius 2 is 2.20 bits per heavy atom. The highest BCUT2D eigenvalue weighted by atomic mass is 35.5. The maximum Gasteiger partial charge on any atom is 0.255 e. The van der Waals surface area contributed by atoms with Crippen LogP contribution in [0.2, 0.25) is 5.02 Å². The molecule has 1 aliphatic heterocycles. The monoisotopic (exact) mass is 362 g/mol. The van der Waals surface area contributed by atoms with Gasteiger partial charge in [-0.1, -0.05) is 29.8 Å². The molecule has 1 unspecified atom stereocenters. The molecule has 3 rings (SSSR count). The molecule has 1 heterocycles. The predicted octanol–water partition coefficient (Wildman–Crippen LogP) is 2.44. The summed E-state index contributed by atoms with van der Waals surface area (Å²) in [6.45, 7) is 0.905. The van der Waals surface area contributed by atoms with Gasteiger partial charge >= 0.3 is 0 Å². The number of primary amides is 1. The molecule has 6 nitrogen and oxygen atoms in total. The third-order valence-corrected chi connectivity index (χ3v) is 4.18. The fraction of sp³-hybridized carbons (Fsp3) is 0.278. The van der Waals surface area contributed by atoms with Crippen molar-refractivity contribution >= 4 is 17.5 Å². The number of carbonyl (C=O) groups is 1. The Labute approximate surface area is 150 Å². The fourth-order valence-electron chi connectivity index (χ4n) is 2.73. The summed E-state index contributed by atoms with van der Waals surface area (Å²) in [6.07, 6.45) is 0. The standard InChI is InChI=1S/C18H19ClN2O4/c1-23-16-7-11(6-13(19)18(16)25-10-17(20)22)8-21-14-9-24-15-5-3-2-4-12(14)15/h2-7,14,21H,8-10H2,1H3,(H2,20,22). The first kappa shape index (κ1) is 17.4. The molecular formula is C18H19ClN2O4. The lowest BCUT2D eigenvalue weighted by Gasteiger charge is -2.15. The van der Waals surface area contributed by atoms with Crippen molar-refractivity contribution in [3.05, 3.63) is 52.5 Å². The van der Waals surface area contributed by atoms with Crippen molar-refractivity contribution in [3.8, 4) is 17.2 Å². The second kappa shape index (κ2) is 7.63. The Bertz CT molecular complexity index is 782. The molecule has 1 atom stereocenters. The molecule has 0 spiro atoms. The van der Waals surface area contributed by atoms with Crippen molar-refractivity contribution in [3.63, 3.8) is 0 Å². The van der Waals surface area contributed by atoms with Gasteiger partial charge in [0.1, 0.15) is 12.4 Å². The first-order chi connectivity index (χ1) is 12.1. The van der Waals surface area contributed by atoms with Crippen LogP contribution in [0, 0.1) is 0 Å². The van der Waals surface area contributed by atoms with Crippen LogP contribution in [-0.2, 0) is 11.3 Å². The summed E-state index contributed by atoms with van der Waals surface area (Å²) < 4.78 is 16.3. The van der Waals surface area contributed by atoms with E-state index < -0.39 is 5.91 Å². The van der Waals surface area contributed by atoms with Crippen LogP contribution in [-0.4, -0.2) is 26.2 Å². The third-order valence-electron chi connectivity index (χ3n) is 3.90. The van der Waals surface area contributed by atoms with E-state index in [1.54, 1.807) is 6.07 Å². The molecule has 132 valence electrons. The van der Waals surface area contributed by atoms with Crippen molar-refractivity contribution in [2.45, 2.75) is 12.6 Å². The maximum atomic E-state index is 10.9. The zero-order chi connectivity index (χ0) is 17.8. The number of rotatable bonds is 7. The van der Waals surface area contributed by atoms with Gasteiger partial charge in [0.25, 0.3) is 5.91 Å². The maximum absolute atomic E-state index is 10.9. The third kappa shape index (κ3) is 3.97. The van der Waals surface area contributed by atoms with Crippen LogP contribution >= 0.6 is 11.6 Å². The fourth-order valence-corrected chi connectivity index (χ4v) is 3.02. The molecular weight excluding hydrogens is 344 g/mol. The Balaban J connectivity index is 1.71. The minimum absolute atomic E-state index is 0.117. The van der Waals surface area contributed by atoms with Crippen molar-refractivity contribution in [2.24, 2.45) is 5.73 Å². The number of ether oxygens (including phenoxy) is 3. The first-order valence-corrected chi connectivity index (χ1v) is 8.19. The molecule has 0 aromatic heterocycles. The number of nitrogens with one attached hydrogen (secondary N) is 1. The largest absolute Gasteiger partial charge is 0.493 e. The highest BCUT2D eigenvalue weighted by Gasteiger charge is 2.23. The van der Waals surface area contributed by atoms with E-state index in [2.05, 4.69) is 5.32 Å². The van der Waals surface area contributed by atoms with Crippen LogP contribution in [0.25, 0.3) is 0 Å². The van der Waals surface area contributed by atoms with Crippen molar-refractivity contribution in [2.75, 3.05) is 20.3 Å². The SMILES string of the molecule is COc1cc(CNC2COc3ccccc32)cc(Cl)c1OCC(N)=O. The molecule has 7 heteroatoms. The molecule has 0 fully saturated rings. The summed E-state index contributed by atoms with van der Waals surface area (Å²) in [6, 6.07) is 11.7. The van der Waals surface area contributed by atoms with Crippen LogP contribution in [0.1, 0.15) is 17.2 Å². The Hall–Kier alpha value is -2.44. The van der Waals surface area contributed by atoms with Gasteiger partial charge < -0.3 is 25.3 Å². The number of carbonyl (C=O) groups excluding carboxylic acids is 1. The molecule has 1 amide bonds. The topological polar surface area (TPSA) is 82.8 Å². The number of fused-ring (bicyclic) bond motifs is 1. The van der Waals surface area contributed by atoms with Crippen LogP contribution in [0.5, 0.6) is 17.2 Å². The number of hydrogen-bond acceptors (Lipinski definition) is 5. The van der Waals surface area contributed by atoms with E-state index in [9.17, 15) is 4.79 Å². The number of halogens is 1. The quantitative estimate of drug-likeness (QED) is 0.790. The van der Waals surface area contributed by atoms with E-state index >= 15 is 0 Å². The lowest BCUT2D eigenvalue weighted by atomic mass is 10.1. The summed E-state index contributed by atoms with van der Waals surface area (Å²) in [7, 11) is 1.51. The molecule has 0 saturated carbocycles. The zero-order valence-electron chi connectivity index (χ0n) is 13.8. The van der Waals surface area contributed by atoms with Crippen molar-refractivity contribution in [1.82, 2.24) is 5.32 Å². The zero-order valence-corrected chi connectivity index (χ0v) is 14.5. The minimum Gasteiger partial charge on any atom is -0.493 e. The summed E-state index contributed by atoms with van der Waals surface area (Å²) in [5.41, 5.74) is 7.17. The minimum atomic E-state index is -0.580. The summed E-state index contributed by atoms with van der Waals surface area (Å²) in [5, 5.41) is 3.81. The molecule has 2 aromatic rings. The van der Waals surface area contributed by atoms with Gasteiger partial charge in [-0.3, -0.25) is 4.79 Å². The van der Waals surface area contributed by atoms with E-state index in [1.165, 1.54) is 7.11 Å². The Kier molecular flexibility index (Phi) is 5.31. The number of para-hydroxylation sites is 1. The Morgan fingerprint density at radius 1 is 1.40 bits per heavy atom. The number of hydrogen-bond donors (Lipinski definition) is 2. The molecule has 3 N–H and O–H groups in total. The number of benzene rings is 2. The van der Waals surface area contributed by atoms with E-state index in [0.717, 1.165) is 16.9 Å². The molecule has 0 radical (unpaired) electrons. The van der Waals surface area contributed by atoms with E-state index in [1.807, 2.05) is 30.3 Å². The molecule has 0 bridgehead atoms. The second-order valence-electron chi connectivity index (χ2n) is 5.65. The highest BCUT2D eigenvalue weighted by Crippen LogP contribution is 2.37. The average Bonchev–Trinajstić information content (AvgIpc) is 3.01. The number of methoxy groups -OCH3 is 1. The molecule has 1 aliphatic rings. The highest BCUT2D eigenvalue weighted by molar-refractivity contribution is 6.32. The summed E-state index contributed by atoms with van der Waals surface area (Å²) >= 11 is 6.26. The molecule has 25 heavy (non-hydrogen) atoms. The predicted molar refractivity (Wildman–Crippen MR) is 94.2 cm³/mol. The summed E-state index contributed by atoms with van der Waals surface area (Å²) in [4.78, 5) is 10.9. The lowest BCUT2D eigenvalue weighted by molar-refractivity contribution is -0.119.